The van der Waals surface area contributed by atoms with Gasteiger partial charge in [0.05, 0.1) is 19.3 Å². The summed E-state index contributed by atoms with van der Waals surface area (Å²) in [5.74, 6) is 0.877. The van der Waals surface area contributed by atoms with Gasteiger partial charge in [-0.1, -0.05) is 44.2 Å². The summed E-state index contributed by atoms with van der Waals surface area (Å²) >= 11 is 0. The number of nitrogens with one attached hydrogen (secondary N) is 1. The van der Waals surface area contributed by atoms with Gasteiger partial charge in [-0.25, -0.2) is 9.78 Å². The predicted octanol–water partition coefficient (Wildman–Crippen LogP) is 2.74. The van der Waals surface area contributed by atoms with E-state index in [0.717, 1.165) is 30.2 Å². The number of morpholine rings is 2. The number of hydrogen-bond acceptors (Lipinski definition) is 7. The Balaban J connectivity index is 1.68. The molecule has 4 rings (SSSR count). The SMILES string of the molecule is CC(C)c1nc([C@]2(C)N[C@@H](c3ccccc3)COC2=O)oc1N1CCOCC1. The van der Waals surface area contributed by atoms with Crippen molar-refractivity contribution in [3.05, 3.63) is 47.5 Å². The number of hydrogen-bond donors (Lipinski definition) is 1. The second kappa shape index (κ2) is 7.56. The minimum atomic E-state index is -1.15. The van der Waals surface area contributed by atoms with Crippen LogP contribution in [0.15, 0.2) is 34.7 Å². The molecule has 0 bridgehead atoms. The fourth-order valence-corrected chi connectivity index (χ4v) is 3.67. The molecule has 2 saturated heterocycles. The molecule has 150 valence electrons. The number of nitrogens with zero attached hydrogens (tertiary/aromatic N) is 2. The van der Waals surface area contributed by atoms with Crippen molar-refractivity contribution in [3.8, 4) is 0 Å². The molecule has 2 aliphatic heterocycles. The predicted molar refractivity (Wildman–Crippen MR) is 104 cm³/mol. The first-order chi connectivity index (χ1) is 13.5. The summed E-state index contributed by atoms with van der Waals surface area (Å²) in [5.41, 5.74) is 0.771. The van der Waals surface area contributed by atoms with Crippen LogP contribution in [0.4, 0.5) is 5.88 Å². The Bertz CT molecular complexity index is 829. The number of anilines is 1. The van der Waals surface area contributed by atoms with Gasteiger partial charge in [-0.15, -0.1) is 0 Å². The molecule has 2 aliphatic rings. The maximum atomic E-state index is 12.7. The highest BCUT2D eigenvalue weighted by molar-refractivity contribution is 5.82. The van der Waals surface area contributed by atoms with Crippen LogP contribution in [0.25, 0.3) is 0 Å². The molecular formula is C21H27N3O4. The van der Waals surface area contributed by atoms with Crippen LogP contribution in [0.5, 0.6) is 0 Å². The first-order valence-electron chi connectivity index (χ1n) is 9.83. The average molecular weight is 385 g/mol. The van der Waals surface area contributed by atoms with Crippen molar-refractivity contribution in [2.45, 2.75) is 38.3 Å². The minimum absolute atomic E-state index is 0.120. The molecule has 28 heavy (non-hydrogen) atoms. The molecular weight excluding hydrogens is 358 g/mol. The summed E-state index contributed by atoms with van der Waals surface area (Å²) in [7, 11) is 0. The molecule has 0 spiro atoms. The molecule has 7 nitrogen and oxygen atoms in total. The van der Waals surface area contributed by atoms with E-state index in [1.165, 1.54) is 0 Å². The van der Waals surface area contributed by atoms with E-state index in [0.29, 0.717) is 19.1 Å². The number of esters is 1. The summed E-state index contributed by atoms with van der Waals surface area (Å²) in [6.07, 6.45) is 0. The second-order valence-electron chi connectivity index (χ2n) is 7.79. The van der Waals surface area contributed by atoms with Gasteiger partial charge in [-0.05, 0) is 12.5 Å². The molecule has 3 heterocycles. The van der Waals surface area contributed by atoms with Gasteiger partial charge in [0.2, 0.25) is 11.8 Å². The van der Waals surface area contributed by atoms with Gasteiger partial charge in [0.1, 0.15) is 12.3 Å². The highest BCUT2D eigenvalue weighted by Crippen LogP contribution is 2.36. The molecule has 0 radical (unpaired) electrons. The number of oxazole rings is 1. The zero-order chi connectivity index (χ0) is 19.7. The van der Waals surface area contributed by atoms with Gasteiger partial charge in [-0.3, -0.25) is 5.32 Å². The van der Waals surface area contributed by atoms with E-state index in [1.54, 1.807) is 6.92 Å². The monoisotopic (exact) mass is 385 g/mol. The summed E-state index contributed by atoms with van der Waals surface area (Å²) in [4.78, 5) is 19.6. The molecule has 0 saturated carbocycles. The smallest absolute Gasteiger partial charge is 0.335 e. The number of aromatic nitrogens is 1. The number of carbonyl (C=O) groups excluding carboxylic acids is 1. The first kappa shape index (κ1) is 19.0. The molecule has 2 atom stereocenters. The van der Waals surface area contributed by atoms with Gasteiger partial charge in [0, 0.05) is 19.0 Å². The molecule has 7 heteroatoms. The molecule has 1 aromatic carbocycles. The third kappa shape index (κ3) is 3.40. The first-order valence-corrected chi connectivity index (χ1v) is 9.83. The Morgan fingerprint density at radius 3 is 2.61 bits per heavy atom. The molecule has 2 aromatic rings. The minimum Gasteiger partial charge on any atom is -0.462 e. The summed E-state index contributed by atoms with van der Waals surface area (Å²) < 4.78 is 17.2. The van der Waals surface area contributed by atoms with Crippen molar-refractivity contribution >= 4 is 11.9 Å². The Morgan fingerprint density at radius 2 is 1.93 bits per heavy atom. The van der Waals surface area contributed by atoms with Crippen molar-refractivity contribution < 1.29 is 18.7 Å². The molecule has 0 aliphatic carbocycles. The highest BCUT2D eigenvalue weighted by Gasteiger charge is 2.48. The van der Waals surface area contributed by atoms with E-state index >= 15 is 0 Å². The summed E-state index contributed by atoms with van der Waals surface area (Å²) in [6, 6.07) is 9.84. The Kier molecular flexibility index (Phi) is 5.12. The quantitative estimate of drug-likeness (QED) is 0.811. The Morgan fingerprint density at radius 1 is 1.21 bits per heavy atom. The summed E-state index contributed by atoms with van der Waals surface area (Å²) in [5, 5.41) is 3.42. The van der Waals surface area contributed by atoms with Crippen LogP contribution in [-0.4, -0.2) is 43.9 Å². The third-order valence-electron chi connectivity index (χ3n) is 5.36. The standard InChI is InChI=1S/C21H27N3O4/c1-14(2)17-18(24-9-11-26-12-10-24)28-19(22-17)21(3)20(25)27-13-16(23-21)15-7-5-4-6-8-15/h4-8,14,16,23H,9-13H2,1-3H3/t16-,21+/m1/s1. The molecule has 1 aromatic heterocycles. The second-order valence-corrected chi connectivity index (χ2v) is 7.79. The van der Waals surface area contributed by atoms with E-state index in [2.05, 4.69) is 24.1 Å². The van der Waals surface area contributed by atoms with Crippen LogP contribution in [0.1, 0.15) is 49.9 Å². The number of rotatable bonds is 4. The number of cyclic esters (lactones) is 1. The molecule has 1 N–H and O–H groups in total. The normalized spacial score (nSPS) is 25.8. The highest BCUT2D eigenvalue weighted by atomic mass is 16.5. The van der Waals surface area contributed by atoms with Gasteiger partial charge in [-0.2, -0.15) is 0 Å². The number of carbonyl (C=O) groups is 1. The van der Waals surface area contributed by atoms with Gasteiger partial charge in [0.15, 0.2) is 5.54 Å². The van der Waals surface area contributed by atoms with Crippen molar-refractivity contribution in [1.82, 2.24) is 10.3 Å². The maximum Gasteiger partial charge on any atom is 0.335 e. The molecule has 0 unspecified atom stereocenters. The van der Waals surface area contributed by atoms with Crippen LogP contribution in [0.2, 0.25) is 0 Å². The van der Waals surface area contributed by atoms with Crippen LogP contribution in [-0.2, 0) is 19.8 Å². The summed E-state index contributed by atoms with van der Waals surface area (Å²) in [6.45, 7) is 9.02. The van der Waals surface area contributed by atoms with Gasteiger partial charge in [0.25, 0.3) is 0 Å². The molecule has 2 fully saturated rings. The van der Waals surface area contributed by atoms with Gasteiger partial charge < -0.3 is 18.8 Å². The fraction of sp³-hybridized carbons (Fsp3) is 0.524. The third-order valence-corrected chi connectivity index (χ3v) is 5.36. The lowest BCUT2D eigenvalue weighted by molar-refractivity contribution is -0.160. The van der Waals surface area contributed by atoms with Crippen molar-refractivity contribution in [1.29, 1.82) is 0 Å². The van der Waals surface area contributed by atoms with Crippen LogP contribution < -0.4 is 10.2 Å². The lowest BCUT2D eigenvalue weighted by Crippen LogP contribution is -2.54. The largest absolute Gasteiger partial charge is 0.462 e. The van der Waals surface area contributed by atoms with Crippen LogP contribution >= 0.6 is 0 Å². The van der Waals surface area contributed by atoms with Crippen LogP contribution in [0.3, 0.4) is 0 Å². The van der Waals surface area contributed by atoms with Crippen molar-refractivity contribution in [2.24, 2.45) is 0 Å². The fourth-order valence-electron chi connectivity index (χ4n) is 3.67. The average Bonchev–Trinajstić information content (AvgIpc) is 3.18. The maximum absolute atomic E-state index is 12.7. The van der Waals surface area contributed by atoms with E-state index in [1.807, 2.05) is 30.3 Å². The zero-order valence-corrected chi connectivity index (χ0v) is 16.6. The van der Waals surface area contributed by atoms with Crippen LogP contribution in [0, 0.1) is 0 Å². The number of benzene rings is 1. The number of ether oxygens (including phenoxy) is 2. The Labute approximate surface area is 165 Å². The van der Waals surface area contributed by atoms with E-state index in [-0.39, 0.29) is 24.5 Å². The van der Waals surface area contributed by atoms with E-state index in [9.17, 15) is 4.79 Å². The molecule has 0 amide bonds. The lowest BCUT2D eigenvalue weighted by atomic mass is 9.96. The topological polar surface area (TPSA) is 76.8 Å². The van der Waals surface area contributed by atoms with E-state index in [4.69, 9.17) is 18.9 Å². The van der Waals surface area contributed by atoms with Crippen molar-refractivity contribution in [2.75, 3.05) is 37.8 Å². The zero-order valence-electron chi connectivity index (χ0n) is 16.6. The van der Waals surface area contributed by atoms with Gasteiger partial charge >= 0.3 is 5.97 Å². The Hall–Kier alpha value is -2.38. The lowest BCUT2D eigenvalue weighted by Gasteiger charge is -2.35. The van der Waals surface area contributed by atoms with Crippen molar-refractivity contribution in [3.63, 3.8) is 0 Å². The van der Waals surface area contributed by atoms with E-state index < -0.39 is 5.54 Å².